The van der Waals surface area contributed by atoms with Crippen LogP contribution in [-0.4, -0.2) is 25.9 Å². The second kappa shape index (κ2) is 9.82. The molecular formula is C28H28FNO3. The van der Waals surface area contributed by atoms with Crippen LogP contribution in [0, 0.1) is 5.82 Å². The van der Waals surface area contributed by atoms with Gasteiger partial charge in [-0.2, -0.15) is 0 Å². The maximum absolute atomic E-state index is 15.2. The zero-order valence-corrected chi connectivity index (χ0v) is 19.4. The molecule has 1 heterocycles. The zero-order valence-electron chi connectivity index (χ0n) is 19.4. The summed E-state index contributed by atoms with van der Waals surface area (Å²) in [7, 11) is 4.85. The largest absolute Gasteiger partial charge is 0.497 e. The number of hydrogen-bond donors (Lipinski definition) is 0. The van der Waals surface area contributed by atoms with Crippen molar-refractivity contribution >= 4 is 0 Å². The van der Waals surface area contributed by atoms with E-state index in [-0.39, 0.29) is 5.82 Å². The third-order valence-corrected chi connectivity index (χ3v) is 5.77. The molecule has 5 heteroatoms. The highest BCUT2D eigenvalue weighted by Crippen LogP contribution is 2.38. The minimum Gasteiger partial charge on any atom is -0.497 e. The van der Waals surface area contributed by atoms with E-state index >= 15 is 4.39 Å². The van der Waals surface area contributed by atoms with Crippen LogP contribution in [0.4, 0.5) is 4.39 Å². The fourth-order valence-corrected chi connectivity index (χ4v) is 4.11. The first-order chi connectivity index (χ1) is 16.1. The van der Waals surface area contributed by atoms with E-state index in [1.165, 1.54) is 6.07 Å². The summed E-state index contributed by atoms with van der Waals surface area (Å²) in [6.07, 6.45) is 1.72. The lowest BCUT2D eigenvalue weighted by atomic mass is 10.0. The number of rotatable bonds is 8. The lowest BCUT2D eigenvalue weighted by Gasteiger charge is -2.16. The highest BCUT2D eigenvalue weighted by Gasteiger charge is 2.21. The molecule has 0 bridgehead atoms. The average Bonchev–Trinajstić information content (AvgIpc) is 3.23. The monoisotopic (exact) mass is 445 g/mol. The van der Waals surface area contributed by atoms with Gasteiger partial charge < -0.3 is 18.8 Å². The highest BCUT2D eigenvalue weighted by atomic mass is 19.1. The van der Waals surface area contributed by atoms with Crippen LogP contribution in [0.15, 0.2) is 72.8 Å². The van der Waals surface area contributed by atoms with E-state index in [1.807, 2.05) is 48.5 Å². The van der Waals surface area contributed by atoms with Crippen LogP contribution < -0.4 is 14.2 Å². The molecule has 0 aliphatic rings. The van der Waals surface area contributed by atoms with Crippen LogP contribution in [0.2, 0.25) is 0 Å². The molecule has 0 N–H and O–H groups in total. The number of ether oxygens (including phenoxy) is 3. The van der Waals surface area contributed by atoms with E-state index in [1.54, 1.807) is 33.5 Å². The molecule has 170 valence electrons. The summed E-state index contributed by atoms with van der Waals surface area (Å²) < 4.78 is 33.3. The van der Waals surface area contributed by atoms with Gasteiger partial charge in [0.25, 0.3) is 0 Å². The molecule has 0 fully saturated rings. The molecule has 0 saturated heterocycles. The van der Waals surface area contributed by atoms with Gasteiger partial charge in [-0.05, 0) is 78.7 Å². The van der Waals surface area contributed by atoms with Crippen molar-refractivity contribution in [1.82, 2.24) is 4.57 Å². The quantitative estimate of drug-likeness (QED) is 0.295. The number of methoxy groups -OCH3 is 3. The maximum Gasteiger partial charge on any atom is 0.134 e. The van der Waals surface area contributed by atoms with Gasteiger partial charge in [-0.3, -0.25) is 0 Å². The van der Waals surface area contributed by atoms with Crippen LogP contribution in [0.3, 0.4) is 0 Å². The fraction of sp³-hybridized carbons (Fsp3) is 0.214. The molecule has 4 nitrogen and oxygen atoms in total. The first kappa shape index (κ1) is 22.5. The minimum atomic E-state index is -0.306. The third-order valence-electron chi connectivity index (χ3n) is 5.77. The molecule has 0 atom stereocenters. The van der Waals surface area contributed by atoms with Gasteiger partial charge in [0.2, 0.25) is 0 Å². The van der Waals surface area contributed by atoms with Crippen LogP contribution >= 0.6 is 0 Å². The second-order valence-corrected chi connectivity index (χ2v) is 7.75. The Kier molecular flexibility index (Phi) is 6.68. The summed E-state index contributed by atoms with van der Waals surface area (Å²) in [6.45, 7) is 2.13. The van der Waals surface area contributed by atoms with Gasteiger partial charge in [-0.15, -0.1) is 0 Å². The molecule has 0 spiro atoms. The van der Waals surface area contributed by atoms with Gasteiger partial charge in [0.1, 0.15) is 23.1 Å². The van der Waals surface area contributed by atoms with Crippen molar-refractivity contribution in [2.45, 2.75) is 19.8 Å². The molecule has 0 saturated carbocycles. The summed E-state index contributed by atoms with van der Waals surface area (Å²) in [5.74, 6) is 1.77. The second-order valence-electron chi connectivity index (χ2n) is 7.75. The first-order valence-corrected chi connectivity index (χ1v) is 11.0. The van der Waals surface area contributed by atoms with Crippen molar-refractivity contribution in [3.8, 4) is 45.3 Å². The summed E-state index contributed by atoms with van der Waals surface area (Å²) in [5.41, 5.74) is 5.48. The predicted molar refractivity (Wildman–Crippen MR) is 130 cm³/mol. The molecule has 33 heavy (non-hydrogen) atoms. The fourth-order valence-electron chi connectivity index (χ4n) is 4.11. The number of halogens is 1. The first-order valence-electron chi connectivity index (χ1n) is 11.0. The smallest absolute Gasteiger partial charge is 0.134 e. The van der Waals surface area contributed by atoms with Crippen LogP contribution in [0.5, 0.6) is 17.2 Å². The van der Waals surface area contributed by atoms with Crippen molar-refractivity contribution < 1.29 is 18.6 Å². The SMILES string of the molecule is CCCc1c(-c2ccc(OC)cc2F)cc(-c2ccc(OC)cc2)n1-c1ccc(OC)cc1. The Balaban J connectivity index is 1.98. The van der Waals surface area contributed by atoms with E-state index in [4.69, 9.17) is 14.2 Å². The van der Waals surface area contributed by atoms with Gasteiger partial charge in [-0.25, -0.2) is 4.39 Å². The van der Waals surface area contributed by atoms with Crippen molar-refractivity contribution in [3.05, 3.63) is 84.3 Å². The summed E-state index contributed by atoms with van der Waals surface area (Å²) in [5, 5.41) is 0. The lowest BCUT2D eigenvalue weighted by molar-refractivity contribution is 0.411. The molecule has 0 unspecified atom stereocenters. The molecule has 4 rings (SSSR count). The Bertz CT molecular complexity index is 1230. The number of aromatic nitrogens is 1. The molecular weight excluding hydrogens is 417 g/mol. The van der Waals surface area contributed by atoms with E-state index in [2.05, 4.69) is 17.6 Å². The Morgan fingerprint density at radius 2 is 1.27 bits per heavy atom. The summed E-state index contributed by atoms with van der Waals surface area (Å²) >= 11 is 0. The molecule has 0 aliphatic heterocycles. The van der Waals surface area contributed by atoms with Crippen molar-refractivity contribution in [2.75, 3.05) is 21.3 Å². The number of benzene rings is 3. The minimum absolute atomic E-state index is 0.306. The van der Waals surface area contributed by atoms with Crippen molar-refractivity contribution in [3.63, 3.8) is 0 Å². The standard InChI is InChI=1S/C28H28FNO3/c1-5-6-27-25(24-16-15-23(33-4)17-26(24)29)18-28(19-7-11-21(31-2)12-8-19)30(27)20-9-13-22(32-3)14-10-20/h7-18H,5-6H2,1-4H3. The van der Waals surface area contributed by atoms with Gasteiger partial charge in [-0.1, -0.05) is 13.3 Å². The summed E-state index contributed by atoms with van der Waals surface area (Å²) in [4.78, 5) is 0. The van der Waals surface area contributed by atoms with Crippen molar-refractivity contribution in [2.24, 2.45) is 0 Å². The topological polar surface area (TPSA) is 32.6 Å². The Hall–Kier alpha value is -3.73. The van der Waals surface area contributed by atoms with E-state index in [9.17, 15) is 0 Å². The van der Waals surface area contributed by atoms with Crippen molar-refractivity contribution in [1.29, 1.82) is 0 Å². The van der Waals surface area contributed by atoms with Gasteiger partial charge in [0, 0.05) is 28.6 Å². The normalized spacial score (nSPS) is 10.8. The van der Waals surface area contributed by atoms with Crippen LogP contribution in [0.25, 0.3) is 28.1 Å². The maximum atomic E-state index is 15.2. The third kappa shape index (κ3) is 4.44. The zero-order chi connectivity index (χ0) is 23.4. The Labute approximate surface area is 194 Å². The summed E-state index contributed by atoms with van der Waals surface area (Å²) in [6, 6.07) is 23.0. The Morgan fingerprint density at radius 1 is 0.697 bits per heavy atom. The van der Waals surface area contributed by atoms with Gasteiger partial charge in [0.05, 0.1) is 27.0 Å². The van der Waals surface area contributed by atoms with E-state index in [0.717, 1.165) is 52.5 Å². The Morgan fingerprint density at radius 3 is 1.82 bits per heavy atom. The highest BCUT2D eigenvalue weighted by molar-refractivity contribution is 5.78. The molecule has 0 aliphatic carbocycles. The van der Waals surface area contributed by atoms with E-state index < -0.39 is 0 Å². The molecule has 0 radical (unpaired) electrons. The molecule has 0 amide bonds. The predicted octanol–water partition coefficient (Wildman–Crippen LogP) is 6.93. The number of hydrogen-bond acceptors (Lipinski definition) is 3. The molecule has 1 aromatic heterocycles. The van der Waals surface area contributed by atoms with Gasteiger partial charge >= 0.3 is 0 Å². The van der Waals surface area contributed by atoms with Crippen LogP contribution in [-0.2, 0) is 6.42 Å². The van der Waals surface area contributed by atoms with Gasteiger partial charge in [0.15, 0.2) is 0 Å². The van der Waals surface area contributed by atoms with Crippen LogP contribution in [0.1, 0.15) is 19.0 Å². The van der Waals surface area contributed by atoms with E-state index in [0.29, 0.717) is 11.3 Å². The number of nitrogens with zero attached hydrogens (tertiary/aromatic N) is 1. The lowest BCUT2D eigenvalue weighted by Crippen LogP contribution is -2.03. The molecule has 4 aromatic rings. The molecule has 3 aromatic carbocycles. The average molecular weight is 446 g/mol.